The highest BCUT2D eigenvalue weighted by Gasteiger charge is 2.17. The molecule has 0 aliphatic heterocycles. The predicted molar refractivity (Wildman–Crippen MR) is 99.2 cm³/mol. The zero-order chi connectivity index (χ0) is 18.2. The molecule has 1 heterocycles. The molecule has 1 aromatic heterocycles. The van der Waals surface area contributed by atoms with Gasteiger partial charge < -0.3 is 10.6 Å². The van der Waals surface area contributed by atoms with E-state index in [1.165, 1.54) is 12.1 Å². The van der Waals surface area contributed by atoms with Gasteiger partial charge in [-0.25, -0.2) is 9.18 Å². The molecule has 132 valence electrons. The Morgan fingerprint density at radius 2 is 1.81 bits per heavy atom. The van der Waals surface area contributed by atoms with Crippen molar-refractivity contribution in [3.05, 3.63) is 102 Å². The van der Waals surface area contributed by atoms with Crippen LogP contribution in [0.25, 0.3) is 0 Å². The molecule has 3 aromatic rings. The number of carbonyl (C=O) groups is 1. The van der Waals surface area contributed by atoms with Gasteiger partial charge in [-0.15, -0.1) is 0 Å². The number of amides is 2. The SMILES string of the molecule is O=C(NCCc1cccc(F)c1)N[C@@H](c1ccccc1)c1ccccn1. The Hall–Kier alpha value is -3.21. The molecule has 0 aliphatic rings. The highest BCUT2D eigenvalue weighted by Crippen LogP contribution is 2.19. The van der Waals surface area contributed by atoms with Gasteiger partial charge in [0, 0.05) is 12.7 Å². The first kappa shape index (κ1) is 17.6. The number of benzene rings is 2. The van der Waals surface area contributed by atoms with Crippen LogP contribution in [0.2, 0.25) is 0 Å². The predicted octanol–water partition coefficient (Wildman–Crippen LogP) is 3.85. The van der Waals surface area contributed by atoms with Gasteiger partial charge >= 0.3 is 6.03 Å². The summed E-state index contributed by atoms with van der Waals surface area (Å²) in [5.41, 5.74) is 2.56. The molecule has 0 saturated carbocycles. The first-order valence-electron chi connectivity index (χ1n) is 8.47. The number of hydrogen-bond donors (Lipinski definition) is 2. The smallest absolute Gasteiger partial charge is 0.315 e. The van der Waals surface area contributed by atoms with Gasteiger partial charge in [0.05, 0.1) is 11.7 Å². The van der Waals surface area contributed by atoms with E-state index in [1.54, 1.807) is 12.3 Å². The van der Waals surface area contributed by atoms with E-state index in [2.05, 4.69) is 15.6 Å². The summed E-state index contributed by atoms with van der Waals surface area (Å²) >= 11 is 0. The van der Waals surface area contributed by atoms with Crippen molar-refractivity contribution in [2.75, 3.05) is 6.54 Å². The Labute approximate surface area is 152 Å². The molecule has 0 bridgehead atoms. The van der Waals surface area contributed by atoms with Crippen molar-refractivity contribution in [1.82, 2.24) is 15.6 Å². The summed E-state index contributed by atoms with van der Waals surface area (Å²) in [5, 5.41) is 5.78. The molecule has 2 aromatic carbocycles. The minimum absolute atomic E-state index is 0.272. The third kappa shape index (κ3) is 4.89. The lowest BCUT2D eigenvalue weighted by atomic mass is 10.0. The fraction of sp³-hybridized carbons (Fsp3) is 0.143. The fourth-order valence-corrected chi connectivity index (χ4v) is 2.72. The second kappa shape index (κ2) is 8.76. The number of nitrogens with one attached hydrogen (secondary N) is 2. The topological polar surface area (TPSA) is 54.0 Å². The number of hydrogen-bond acceptors (Lipinski definition) is 2. The number of urea groups is 1. The van der Waals surface area contributed by atoms with Crippen LogP contribution in [0.15, 0.2) is 79.0 Å². The monoisotopic (exact) mass is 349 g/mol. The summed E-state index contributed by atoms with van der Waals surface area (Å²) in [5.74, 6) is -0.272. The van der Waals surface area contributed by atoms with Crippen molar-refractivity contribution in [1.29, 1.82) is 0 Å². The Morgan fingerprint density at radius 1 is 1.00 bits per heavy atom. The third-order valence-electron chi connectivity index (χ3n) is 3.98. The van der Waals surface area contributed by atoms with Gasteiger partial charge in [0.2, 0.25) is 0 Å². The molecule has 0 fully saturated rings. The van der Waals surface area contributed by atoms with Gasteiger partial charge in [0.15, 0.2) is 0 Å². The fourth-order valence-electron chi connectivity index (χ4n) is 2.72. The maximum Gasteiger partial charge on any atom is 0.315 e. The average molecular weight is 349 g/mol. The molecule has 5 heteroatoms. The van der Waals surface area contributed by atoms with Crippen LogP contribution in [-0.4, -0.2) is 17.6 Å². The van der Waals surface area contributed by atoms with Crippen LogP contribution in [0.4, 0.5) is 9.18 Å². The Balaban J connectivity index is 1.62. The third-order valence-corrected chi connectivity index (χ3v) is 3.98. The minimum atomic E-state index is -0.341. The largest absolute Gasteiger partial charge is 0.338 e. The van der Waals surface area contributed by atoms with Crippen LogP contribution in [0.1, 0.15) is 22.9 Å². The molecule has 26 heavy (non-hydrogen) atoms. The maximum absolute atomic E-state index is 13.2. The van der Waals surface area contributed by atoms with E-state index in [4.69, 9.17) is 0 Å². The standard InChI is InChI=1S/C21H20FN3O/c22-18-10-6-7-16(15-18)12-14-24-21(26)25-20(17-8-2-1-3-9-17)19-11-4-5-13-23-19/h1-11,13,15,20H,12,14H2,(H2,24,25,26)/t20-/m0/s1. The van der Waals surface area contributed by atoms with E-state index in [1.807, 2.05) is 54.6 Å². The van der Waals surface area contributed by atoms with E-state index in [9.17, 15) is 9.18 Å². The van der Waals surface area contributed by atoms with Crippen molar-refractivity contribution in [2.45, 2.75) is 12.5 Å². The van der Waals surface area contributed by atoms with Gasteiger partial charge in [-0.3, -0.25) is 4.98 Å². The second-order valence-electron chi connectivity index (χ2n) is 5.88. The van der Waals surface area contributed by atoms with Gasteiger partial charge in [-0.2, -0.15) is 0 Å². The van der Waals surface area contributed by atoms with Crippen molar-refractivity contribution in [2.24, 2.45) is 0 Å². The van der Waals surface area contributed by atoms with E-state index >= 15 is 0 Å². The zero-order valence-electron chi connectivity index (χ0n) is 14.2. The van der Waals surface area contributed by atoms with Crippen LogP contribution in [-0.2, 0) is 6.42 Å². The van der Waals surface area contributed by atoms with E-state index in [0.717, 1.165) is 16.8 Å². The first-order chi connectivity index (χ1) is 12.7. The van der Waals surface area contributed by atoms with Crippen molar-refractivity contribution in [3.63, 3.8) is 0 Å². The highest BCUT2D eigenvalue weighted by atomic mass is 19.1. The summed E-state index contributed by atoms with van der Waals surface area (Å²) in [6.45, 7) is 0.416. The quantitative estimate of drug-likeness (QED) is 0.710. The molecule has 0 saturated heterocycles. The molecular formula is C21H20FN3O. The number of nitrogens with zero attached hydrogens (tertiary/aromatic N) is 1. The van der Waals surface area contributed by atoms with Crippen molar-refractivity contribution in [3.8, 4) is 0 Å². The molecule has 2 amide bonds. The lowest BCUT2D eigenvalue weighted by Crippen LogP contribution is -2.39. The molecule has 1 atom stereocenters. The van der Waals surface area contributed by atoms with Gasteiger partial charge in [0.25, 0.3) is 0 Å². The average Bonchev–Trinajstić information content (AvgIpc) is 2.67. The number of pyridine rings is 1. The lowest BCUT2D eigenvalue weighted by Gasteiger charge is -2.19. The maximum atomic E-state index is 13.2. The number of carbonyl (C=O) groups excluding carboxylic acids is 1. The summed E-state index contributed by atoms with van der Waals surface area (Å²) in [6.07, 6.45) is 2.26. The minimum Gasteiger partial charge on any atom is -0.338 e. The molecule has 0 unspecified atom stereocenters. The highest BCUT2D eigenvalue weighted by molar-refractivity contribution is 5.75. The summed E-state index contributed by atoms with van der Waals surface area (Å²) in [4.78, 5) is 16.7. The Morgan fingerprint density at radius 3 is 2.54 bits per heavy atom. The molecule has 0 spiro atoms. The molecule has 3 rings (SSSR count). The van der Waals surface area contributed by atoms with Crippen LogP contribution in [0, 0.1) is 5.82 Å². The normalized spacial score (nSPS) is 11.6. The first-order valence-corrected chi connectivity index (χ1v) is 8.47. The lowest BCUT2D eigenvalue weighted by molar-refractivity contribution is 0.238. The van der Waals surface area contributed by atoms with E-state index in [0.29, 0.717) is 13.0 Å². The van der Waals surface area contributed by atoms with Gasteiger partial charge in [-0.1, -0.05) is 48.5 Å². The molecular weight excluding hydrogens is 329 g/mol. The van der Waals surface area contributed by atoms with Crippen LogP contribution < -0.4 is 10.6 Å². The van der Waals surface area contributed by atoms with Crippen LogP contribution in [0.3, 0.4) is 0 Å². The van der Waals surface area contributed by atoms with Crippen molar-refractivity contribution < 1.29 is 9.18 Å². The Bertz CT molecular complexity index is 801. The van der Waals surface area contributed by atoms with Crippen LogP contribution in [0.5, 0.6) is 0 Å². The number of halogens is 1. The Kier molecular flexibility index (Phi) is 5.93. The number of rotatable bonds is 6. The van der Waals surface area contributed by atoms with Gasteiger partial charge in [-0.05, 0) is 41.8 Å². The molecule has 2 N–H and O–H groups in total. The van der Waals surface area contributed by atoms with Crippen LogP contribution >= 0.6 is 0 Å². The molecule has 0 aliphatic carbocycles. The molecule has 0 radical (unpaired) electrons. The second-order valence-corrected chi connectivity index (χ2v) is 5.88. The molecule has 4 nitrogen and oxygen atoms in total. The van der Waals surface area contributed by atoms with E-state index in [-0.39, 0.29) is 17.9 Å². The number of aromatic nitrogens is 1. The summed E-state index contributed by atoms with van der Waals surface area (Å²) in [7, 11) is 0. The van der Waals surface area contributed by atoms with Crippen molar-refractivity contribution >= 4 is 6.03 Å². The summed E-state index contributed by atoms with van der Waals surface area (Å²) < 4.78 is 13.2. The van der Waals surface area contributed by atoms with E-state index < -0.39 is 0 Å². The van der Waals surface area contributed by atoms with Gasteiger partial charge in [0.1, 0.15) is 5.82 Å². The zero-order valence-corrected chi connectivity index (χ0v) is 14.2. The summed E-state index contributed by atoms with van der Waals surface area (Å²) in [6, 6.07) is 21.0.